The Morgan fingerprint density at radius 1 is 1.32 bits per heavy atom. The molecule has 0 spiro atoms. The lowest BCUT2D eigenvalue weighted by Crippen LogP contribution is -2.35. The van der Waals surface area contributed by atoms with E-state index in [0.29, 0.717) is 18.2 Å². The van der Waals surface area contributed by atoms with Crippen molar-refractivity contribution in [2.45, 2.75) is 25.9 Å². The highest BCUT2D eigenvalue weighted by Gasteiger charge is 2.27. The number of amides is 1. The molecule has 4 nitrogen and oxygen atoms in total. The van der Waals surface area contributed by atoms with Gasteiger partial charge in [-0.25, -0.2) is 0 Å². The highest BCUT2D eigenvalue weighted by atomic mass is 16.5. The van der Waals surface area contributed by atoms with Crippen molar-refractivity contribution in [3.05, 3.63) is 59.4 Å². The molecule has 2 aromatic rings. The number of rotatable bonds is 4. The van der Waals surface area contributed by atoms with Crippen LogP contribution in [0.5, 0.6) is 0 Å². The van der Waals surface area contributed by atoms with E-state index in [4.69, 9.17) is 4.74 Å². The minimum Gasteiger partial charge on any atom is -0.373 e. The summed E-state index contributed by atoms with van der Waals surface area (Å²) in [4.78, 5) is 15.0. The second-order valence-corrected chi connectivity index (χ2v) is 5.90. The van der Waals surface area contributed by atoms with Gasteiger partial charge in [-0.15, -0.1) is 0 Å². The summed E-state index contributed by atoms with van der Waals surface area (Å²) in [6.07, 6.45) is 3.95. The SMILES string of the molecule is Cc1ccc(C2OCCCC2CNC(=O)c2ccc[nH]2)cc1. The lowest BCUT2D eigenvalue weighted by Gasteiger charge is -2.32. The molecule has 2 N–H and O–H groups in total. The lowest BCUT2D eigenvalue weighted by molar-refractivity contribution is -0.0272. The Kier molecular flexibility index (Phi) is 4.59. The molecule has 1 amide bonds. The predicted octanol–water partition coefficient (Wildman–Crippen LogP) is 3.22. The summed E-state index contributed by atoms with van der Waals surface area (Å²) in [5.74, 6) is 0.258. The summed E-state index contributed by atoms with van der Waals surface area (Å²) in [5.41, 5.74) is 3.05. The average molecular weight is 298 g/mol. The molecule has 0 saturated carbocycles. The highest BCUT2D eigenvalue weighted by Crippen LogP contribution is 2.33. The monoisotopic (exact) mass is 298 g/mol. The van der Waals surface area contributed by atoms with Crippen LogP contribution < -0.4 is 5.32 Å². The second-order valence-electron chi connectivity index (χ2n) is 5.90. The number of hydrogen-bond acceptors (Lipinski definition) is 2. The van der Waals surface area contributed by atoms with Crippen LogP contribution in [0.2, 0.25) is 0 Å². The molecule has 1 aliphatic rings. The summed E-state index contributed by atoms with van der Waals surface area (Å²) in [6, 6.07) is 12.1. The van der Waals surface area contributed by atoms with Gasteiger partial charge in [0.25, 0.3) is 5.91 Å². The van der Waals surface area contributed by atoms with Gasteiger partial charge in [0.15, 0.2) is 0 Å². The number of ether oxygens (including phenoxy) is 1. The third-order valence-corrected chi connectivity index (χ3v) is 4.22. The summed E-state index contributed by atoms with van der Waals surface area (Å²) in [7, 11) is 0. The number of aromatic amines is 1. The van der Waals surface area contributed by atoms with Gasteiger partial charge >= 0.3 is 0 Å². The molecule has 4 heteroatoms. The minimum atomic E-state index is -0.0572. The van der Waals surface area contributed by atoms with Crippen LogP contribution in [-0.2, 0) is 4.74 Å². The maximum absolute atomic E-state index is 12.1. The first-order chi connectivity index (χ1) is 10.7. The molecule has 1 aromatic heterocycles. The standard InChI is InChI=1S/C18H22N2O2/c1-13-6-8-14(9-7-13)17-15(4-3-11-22-17)12-20-18(21)16-5-2-10-19-16/h2,5-10,15,17,19H,3-4,11-12H2,1H3,(H,20,21). The summed E-state index contributed by atoms with van der Waals surface area (Å²) >= 11 is 0. The van der Waals surface area contributed by atoms with Crippen molar-refractivity contribution >= 4 is 5.91 Å². The van der Waals surface area contributed by atoms with Crippen LogP contribution in [0.4, 0.5) is 0 Å². The lowest BCUT2D eigenvalue weighted by atomic mass is 9.89. The predicted molar refractivity (Wildman–Crippen MR) is 85.7 cm³/mol. The van der Waals surface area contributed by atoms with Gasteiger partial charge < -0.3 is 15.0 Å². The van der Waals surface area contributed by atoms with Crippen LogP contribution in [0.15, 0.2) is 42.6 Å². The maximum Gasteiger partial charge on any atom is 0.267 e. The van der Waals surface area contributed by atoms with Crippen molar-refractivity contribution in [2.75, 3.05) is 13.2 Å². The molecular weight excluding hydrogens is 276 g/mol. The topological polar surface area (TPSA) is 54.1 Å². The van der Waals surface area contributed by atoms with E-state index in [9.17, 15) is 4.79 Å². The van der Waals surface area contributed by atoms with Gasteiger partial charge in [0.2, 0.25) is 0 Å². The summed E-state index contributed by atoms with van der Waals surface area (Å²) in [6.45, 7) is 3.51. The van der Waals surface area contributed by atoms with Gasteiger partial charge in [-0.1, -0.05) is 29.8 Å². The van der Waals surface area contributed by atoms with Crippen molar-refractivity contribution in [1.29, 1.82) is 0 Å². The van der Waals surface area contributed by atoms with Gasteiger partial charge in [0.05, 0.1) is 6.10 Å². The maximum atomic E-state index is 12.1. The van der Waals surface area contributed by atoms with Crippen molar-refractivity contribution in [3.63, 3.8) is 0 Å². The smallest absolute Gasteiger partial charge is 0.267 e. The highest BCUT2D eigenvalue weighted by molar-refractivity contribution is 5.92. The van der Waals surface area contributed by atoms with Gasteiger partial charge in [-0.2, -0.15) is 0 Å². The average Bonchev–Trinajstić information content (AvgIpc) is 3.08. The molecule has 2 heterocycles. The minimum absolute atomic E-state index is 0.0572. The number of benzene rings is 1. The van der Waals surface area contributed by atoms with E-state index in [0.717, 1.165) is 19.4 Å². The number of H-pyrrole nitrogens is 1. The number of hydrogen-bond donors (Lipinski definition) is 2. The molecule has 0 aliphatic carbocycles. The van der Waals surface area contributed by atoms with Crippen molar-refractivity contribution in [3.8, 4) is 0 Å². The zero-order valence-electron chi connectivity index (χ0n) is 12.8. The molecular formula is C18H22N2O2. The zero-order chi connectivity index (χ0) is 15.4. The molecule has 2 unspecified atom stereocenters. The molecule has 1 saturated heterocycles. The molecule has 0 radical (unpaired) electrons. The Labute approximate surface area is 130 Å². The third-order valence-electron chi connectivity index (χ3n) is 4.22. The van der Waals surface area contributed by atoms with Crippen LogP contribution in [0, 0.1) is 12.8 Å². The number of carbonyl (C=O) groups is 1. The first-order valence-electron chi connectivity index (χ1n) is 7.84. The van der Waals surface area contributed by atoms with Crippen molar-refractivity contribution in [2.24, 2.45) is 5.92 Å². The number of nitrogens with one attached hydrogen (secondary N) is 2. The Balaban J connectivity index is 1.65. The van der Waals surface area contributed by atoms with Gasteiger partial charge in [-0.05, 0) is 37.5 Å². The molecule has 1 aliphatic heterocycles. The summed E-state index contributed by atoms with van der Waals surface area (Å²) in [5, 5.41) is 3.02. The Morgan fingerprint density at radius 3 is 2.86 bits per heavy atom. The van der Waals surface area contributed by atoms with Crippen LogP contribution in [-0.4, -0.2) is 24.0 Å². The molecule has 1 aromatic carbocycles. The van der Waals surface area contributed by atoms with Gasteiger partial charge in [0, 0.05) is 25.3 Å². The van der Waals surface area contributed by atoms with Crippen LogP contribution in [0.1, 0.15) is 40.6 Å². The van der Waals surface area contributed by atoms with Crippen LogP contribution in [0.3, 0.4) is 0 Å². The fourth-order valence-electron chi connectivity index (χ4n) is 2.97. The molecule has 1 fully saturated rings. The van der Waals surface area contributed by atoms with Crippen molar-refractivity contribution in [1.82, 2.24) is 10.3 Å². The fraction of sp³-hybridized carbons (Fsp3) is 0.389. The molecule has 2 atom stereocenters. The molecule has 22 heavy (non-hydrogen) atoms. The first-order valence-corrected chi connectivity index (χ1v) is 7.84. The van der Waals surface area contributed by atoms with E-state index < -0.39 is 0 Å². The second kappa shape index (κ2) is 6.79. The Hall–Kier alpha value is -2.07. The van der Waals surface area contributed by atoms with E-state index in [2.05, 4.69) is 41.5 Å². The fourth-order valence-corrected chi connectivity index (χ4v) is 2.97. The van der Waals surface area contributed by atoms with Crippen molar-refractivity contribution < 1.29 is 9.53 Å². The van der Waals surface area contributed by atoms with E-state index in [1.165, 1.54) is 11.1 Å². The van der Waals surface area contributed by atoms with E-state index in [1.807, 2.05) is 6.07 Å². The van der Waals surface area contributed by atoms with Crippen LogP contribution in [0.25, 0.3) is 0 Å². The van der Waals surface area contributed by atoms with Gasteiger partial charge in [0.1, 0.15) is 5.69 Å². The van der Waals surface area contributed by atoms with E-state index >= 15 is 0 Å². The zero-order valence-corrected chi connectivity index (χ0v) is 12.8. The molecule has 116 valence electrons. The quantitative estimate of drug-likeness (QED) is 0.910. The number of aryl methyl sites for hydroxylation is 1. The first kappa shape index (κ1) is 14.9. The number of aromatic nitrogens is 1. The van der Waals surface area contributed by atoms with Crippen LogP contribution >= 0.6 is 0 Å². The molecule has 0 bridgehead atoms. The van der Waals surface area contributed by atoms with E-state index in [-0.39, 0.29) is 12.0 Å². The van der Waals surface area contributed by atoms with E-state index in [1.54, 1.807) is 12.3 Å². The Morgan fingerprint density at radius 2 is 2.14 bits per heavy atom. The number of carbonyl (C=O) groups excluding carboxylic acids is 1. The summed E-state index contributed by atoms with van der Waals surface area (Å²) < 4.78 is 5.98. The largest absolute Gasteiger partial charge is 0.373 e. The molecule has 3 rings (SSSR count). The normalized spacial score (nSPS) is 21.5. The Bertz CT molecular complexity index is 605. The van der Waals surface area contributed by atoms with Gasteiger partial charge in [-0.3, -0.25) is 4.79 Å². The third kappa shape index (κ3) is 3.39.